The number of hydrogen-bond acceptors (Lipinski definition) is 1. The Kier molecular flexibility index (Phi) is 9.62. The lowest BCUT2D eigenvalue weighted by molar-refractivity contribution is 0.215. The van der Waals surface area contributed by atoms with Gasteiger partial charge in [0.2, 0.25) is 0 Å². The van der Waals surface area contributed by atoms with Crippen molar-refractivity contribution in [1.82, 2.24) is 0 Å². The molecule has 0 aromatic heterocycles. The Labute approximate surface area is 139 Å². The van der Waals surface area contributed by atoms with E-state index in [0.717, 1.165) is 12.8 Å². The Morgan fingerprint density at radius 1 is 1.09 bits per heavy atom. The third-order valence-corrected chi connectivity index (χ3v) is 8.72. The van der Waals surface area contributed by atoms with Gasteiger partial charge >= 0.3 is 0 Å². The van der Waals surface area contributed by atoms with Crippen LogP contribution in [0.1, 0.15) is 53.5 Å². The molecule has 0 N–H and O–H groups in total. The molecule has 1 aromatic rings. The molecule has 126 valence electrons. The lowest BCUT2D eigenvalue weighted by Crippen LogP contribution is -2.43. The van der Waals surface area contributed by atoms with Crippen molar-refractivity contribution in [3.05, 3.63) is 48.0 Å². The van der Waals surface area contributed by atoms with E-state index < -0.39 is 8.32 Å². The van der Waals surface area contributed by atoms with Crippen molar-refractivity contribution in [3.63, 3.8) is 0 Å². The zero-order valence-electron chi connectivity index (χ0n) is 15.9. The quantitative estimate of drug-likeness (QED) is 0.423. The molecule has 1 atom stereocenters. The molecule has 0 spiro atoms. The molecule has 0 saturated heterocycles. The second-order valence-electron chi connectivity index (χ2n) is 6.97. The van der Waals surface area contributed by atoms with Gasteiger partial charge in [-0.15, -0.1) is 0 Å². The van der Waals surface area contributed by atoms with Crippen molar-refractivity contribution in [2.45, 2.75) is 78.6 Å². The minimum Gasteiger partial charge on any atom is -0.411 e. The molecule has 0 heterocycles. The molecular weight excluding hydrogens is 284 g/mol. The van der Waals surface area contributed by atoms with Crippen LogP contribution in [0.5, 0.6) is 0 Å². The minimum absolute atomic E-state index is 0.237. The summed E-state index contributed by atoms with van der Waals surface area (Å²) in [5, 5.41) is 0.263. The third kappa shape index (κ3) is 7.41. The van der Waals surface area contributed by atoms with Gasteiger partial charge < -0.3 is 4.43 Å². The normalized spacial score (nSPS) is 13.6. The number of rotatable bonds is 6. The SMILES string of the molecule is C/C=C/[C@H](CCc1ccccc1)O[Si](C)(C)C(C)(C)C.CC. The van der Waals surface area contributed by atoms with Gasteiger partial charge in [-0.1, -0.05) is 77.1 Å². The molecule has 0 bridgehead atoms. The van der Waals surface area contributed by atoms with Crippen molar-refractivity contribution < 1.29 is 4.43 Å². The minimum atomic E-state index is -1.69. The van der Waals surface area contributed by atoms with Gasteiger partial charge in [0.15, 0.2) is 8.32 Å². The topological polar surface area (TPSA) is 9.23 Å². The average Bonchev–Trinajstić information content (AvgIpc) is 2.47. The molecule has 0 unspecified atom stereocenters. The second kappa shape index (κ2) is 10.0. The van der Waals surface area contributed by atoms with E-state index in [0.29, 0.717) is 0 Å². The van der Waals surface area contributed by atoms with Gasteiger partial charge in [0.1, 0.15) is 0 Å². The molecule has 1 rings (SSSR count). The summed E-state index contributed by atoms with van der Waals surface area (Å²) in [6.07, 6.45) is 6.69. The fraction of sp³-hybridized carbons (Fsp3) is 0.600. The van der Waals surface area contributed by atoms with Crippen LogP contribution >= 0.6 is 0 Å². The molecule has 0 aliphatic carbocycles. The first-order valence-electron chi connectivity index (χ1n) is 8.61. The highest BCUT2D eigenvalue weighted by Gasteiger charge is 2.38. The average molecular weight is 321 g/mol. The summed E-state index contributed by atoms with van der Waals surface area (Å²) in [5.74, 6) is 0. The highest BCUT2D eigenvalue weighted by Crippen LogP contribution is 2.37. The largest absolute Gasteiger partial charge is 0.411 e. The summed E-state index contributed by atoms with van der Waals surface area (Å²) in [5.41, 5.74) is 1.39. The van der Waals surface area contributed by atoms with Gasteiger partial charge in [-0.2, -0.15) is 0 Å². The fourth-order valence-corrected chi connectivity index (χ4v) is 3.22. The van der Waals surface area contributed by atoms with E-state index in [1.807, 2.05) is 13.8 Å². The first kappa shape index (κ1) is 21.1. The highest BCUT2D eigenvalue weighted by atomic mass is 28.4. The first-order chi connectivity index (χ1) is 10.3. The van der Waals surface area contributed by atoms with Crippen molar-refractivity contribution >= 4 is 8.32 Å². The molecule has 2 heteroatoms. The Hall–Kier alpha value is -0.863. The maximum atomic E-state index is 6.52. The molecule has 1 nitrogen and oxygen atoms in total. The molecule has 0 saturated carbocycles. The van der Waals surface area contributed by atoms with Gasteiger partial charge in [-0.25, -0.2) is 0 Å². The van der Waals surface area contributed by atoms with E-state index >= 15 is 0 Å². The van der Waals surface area contributed by atoms with E-state index in [1.54, 1.807) is 0 Å². The summed E-state index contributed by atoms with van der Waals surface area (Å²) in [6.45, 7) is 17.6. The molecule has 22 heavy (non-hydrogen) atoms. The van der Waals surface area contributed by atoms with Crippen molar-refractivity contribution in [1.29, 1.82) is 0 Å². The van der Waals surface area contributed by atoms with Crippen molar-refractivity contribution in [3.8, 4) is 0 Å². The zero-order valence-corrected chi connectivity index (χ0v) is 16.9. The smallest absolute Gasteiger partial charge is 0.192 e. The molecule has 0 aliphatic rings. The van der Waals surface area contributed by atoms with Gasteiger partial charge in [-0.3, -0.25) is 0 Å². The number of allylic oxidation sites excluding steroid dienone is 1. The summed E-state index contributed by atoms with van der Waals surface area (Å²) in [6, 6.07) is 10.7. The molecule has 0 amide bonds. The monoisotopic (exact) mass is 320 g/mol. The summed E-state index contributed by atoms with van der Waals surface area (Å²) in [7, 11) is -1.69. The Morgan fingerprint density at radius 2 is 1.64 bits per heavy atom. The van der Waals surface area contributed by atoms with Crippen LogP contribution in [-0.2, 0) is 10.8 Å². The fourth-order valence-electron chi connectivity index (χ4n) is 1.92. The van der Waals surface area contributed by atoms with Gasteiger partial charge in [0.25, 0.3) is 0 Å². The highest BCUT2D eigenvalue weighted by molar-refractivity contribution is 6.74. The molecule has 1 aromatic carbocycles. The second-order valence-corrected chi connectivity index (χ2v) is 11.7. The van der Waals surface area contributed by atoms with Crippen LogP contribution < -0.4 is 0 Å². The van der Waals surface area contributed by atoms with Crippen LogP contribution in [0.25, 0.3) is 0 Å². The van der Waals surface area contributed by atoms with Crippen molar-refractivity contribution in [2.24, 2.45) is 0 Å². The predicted octanol–water partition coefficient (Wildman–Crippen LogP) is 6.61. The van der Waals surface area contributed by atoms with E-state index in [4.69, 9.17) is 4.43 Å². The molecule has 0 fully saturated rings. The number of hydrogen-bond donors (Lipinski definition) is 0. The predicted molar refractivity (Wildman–Crippen MR) is 103 cm³/mol. The van der Waals surface area contributed by atoms with E-state index in [1.165, 1.54) is 5.56 Å². The third-order valence-electron chi connectivity index (χ3n) is 4.22. The maximum Gasteiger partial charge on any atom is 0.192 e. The van der Waals surface area contributed by atoms with Crippen LogP contribution in [0.4, 0.5) is 0 Å². The van der Waals surface area contributed by atoms with Crippen LogP contribution in [0, 0.1) is 0 Å². The van der Waals surface area contributed by atoms with Crippen LogP contribution in [-0.4, -0.2) is 14.4 Å². The van der Waals surface area contributed by atoms with E-state index in [2.05, 4.69) is 83.3 Å². The number of aryl methyl sites for hydroxylation is 1. The molecule has 0 aliphatic heterocycles. The number of benzene rings is 1. The van der Waals surface area contributed by atoms with Crippen molar-refractivity contribution in [2.75, 3.05) is 0 Å². The Morgan fingerprint density at radius 3 is 2.09 bits per heavy atom. The Bertz CT molecular complexity index is 415. The first-order valence-corrected chi connectivity index (χ1v) is 11.5. The van der Waals surface area contributed by atoms with Gasteiger partial charge in [0, 0.05) is 0 Å². The van der Waals surface area contributed by atoms with E-state index in [9.17, 15) is 0 Å². The van der Waals surface area contributed by atoms with Crippen LogP contribution in [0.3, 0.4) is 0 Å². The summed E-state index contributed by atoms with van der Waals surface area (Å²) >= 11 is 0. The Balaban J connectivity index is 0.00000211. The van der Waals surface area contributed by atoms with Gasteiger partial charge in [0.05, 0.1) is 6.10 Å². The molecule has 0 radical (unpaired) electrons. The van der Waals surface area contributed by atoms with Crippen LogP contribution in [0.15, 0.2) is 42.5 Å². The van der Waals surface area contributed by atoms with E-state index in [-0.39, 0.29) is 11.1 Å². The van der Waals surface area contributed by atoms with Gasteiger partial charge in [-0.05, 0) is 43.5 Å². The standard InChI is InChI=1S/C18H30OSi.C2H6/c1-7-11-17(19-20(5,6)18(2,3)4)15-14-16-12-9-8-10-13-16;1-2/h7-13,17H,14-15H2,1-6H3;1-2H3/b11-7+;/t17-;/m1./s1. The maximum absolute atomic E-state index is 6.52. The summed E-state index contributed by atoms with van der Waals surface area (Å²) < 4.78 is 6.52. The summed E-state index contributed by atoms with van der Waals surface area (Å²) in [4.78, 5) is 0. The zero-order chi connectivity index (χ0) is 17.2. The lowest BCUT2D eigenvalue weighted by Gasteiger charge is -2.38. The molecular formula is C20H36OSi. The van der Waals surface area contributed by atoms with Crippen LogP contribution in [0.2, 0.25) is 18.1 Å². The lowest BCUT2D eigenvalue weighted by atomic mass is 10.1.